The molecule has 28 heavy (non-hydrogen) atoms. The van der Waals surface area contributed by atoms with E-state index in [1.54, 1.807) is 24.3 Å². The summed E-state index contributed by atoms with van der Waals surface area (Å²) in [6.45, 7) is 1.81. The van der Waals surface area contributed by atoms with Crippen molar-refractivity contribution in [3.63, 3.8) is 0 Å². The van der Waals surface area contributed by atoms with Crippen LogP contribution in [-0.4, -0.2) is 44.3 Å². The van der Waals surface area contributed by atoms with Crippen molar-refractivity contribution in [2.24, 2.45) is 0 Å². The quantitative estimate of drug-likeness (QED) is 0.787. The molecule has 0 radical (unpaired) electrons. The van der Waals surface area contributed by atoms with Gasteiger partial charge in [-0.05, 0) is 29.8 Å². The van der Waals surface area contributed by atoms with E-state index in [2.05, 4.69) is 5.32 Å². The lowest BCUT2D eigenvalue weighted by Crippen LogP contribution is -2.36. The summed E-state index contributed by atoms with van der Waals surface area (Å²) in [4.78, 5) is 25.9. The van der Waals surface area contributed by atoms with Crippen LogP contribution in [0.15, 0.2) is 36.4 Å². The second-order valence-electron chi connectivity index (χ2n) is 6.18. The Morgan fingerprint density at radius 3 is 2.50 bits per heavy atom. The Kier molecular flexibility index (Phi) is 5.88. The number of rotatable bonds is 7. The molecule has 0 saturated carbocycles. The lowest BCUT2D eigenvalue weighted by molar-refractivity contribution is -0.133. The van der Waals surface area contributed by atoms with Crippen molar-refractivity contribution in [3.05, 3.63) is 42.0 Å². The fourth-order valence-corrected chi connectivity index (χ4v) is 2.83. The summed E-state index contributed by atoms with van der Waals surface area (Å²) in [6, 6.07) is 10.5. The number of carbonyl (C=O) groups excluding carboxylic acids is 2. The summed E-state index contributed by atoms with van der Waals surface area (Å²) < 4.78 is 21.1. The van der Waals surface area contributed by atoms with Crippen LogP contribution in [0.5, 0.6) is 23.0 Å². The first-order valence-electron chi connectivity index (χ1n) is 8.66. The van der Waals surface area contributed by atoms with Crippen molar-refractivity contribution in [2.75, 3.05) is 32.9 Å². The summed E-state index contributed by atoms with van der Waals surface area (Å²) in [5, 5.41) is 2.77. The fourth-order valence-electron chi connectivity index (χ4n) is 2.83. The van der Waals surface area contributed by atoms with Gasteiger partial charge in [0.15, 0.2) is 23.0 Å². The van der Waals surface area contributed by atoms with Crippen molar-refractivity contribution in [3.8, 4) is 23.0 Å². The Balaban J connectivity index is 1.65. The molecule has 2 amide bonds. The molecular weight excluding hydrogens is 364 g/mol. The van der Waals surface area contributed by atoms with Crippen LogP contribution in [0.4, 0.5) is 5.69 Å². The molecule has 1 heterocycles. The number of anilines is 1. The normalized spacial score (nSPS) is 11.7. The molecule has 1 N–H and O–H groups in total. The summed E-state index contributed by atoms with van der Waals surface area (Å²) in [7, 11) is 3.06. The first kappa shape index (κ1) is 19.3. The minimum Gasteiger partial charge on any atom is -0.493 e. The molecule has 0 aliphatic carbocycles. The van der Waals surface area contributed by atoms with Gasteiger partial charge in [-0.3, -0.25) is 9.59 Å². The molecule has 0 bridgehead atoms. The second kappa shape index (κ2) is 8.51. The molecule has 8 nitrogen and oxygen atoms in total. The largest absolute Gasteiger partial charge is 0.493 e. The number of hydrogen-bond acceptors (Lipinski definition) is 6. The van der Waals surface area contributed by atoms with Crippen LogP contribution in [0.2, 0.25) is 0 Å². The first-order valence-corrected chi connectivity index (χ1v) is 8.66. The van der Waals surface area contributed by atoms with Gasteiger partial charge in [0.05, 0.1) is 14.2 Å². The Morgan fingerprint density at radius 1 is 1.04 bits per heavy atom. The Bertz CT molecular complexity index is 883. The average molecular weight is 386 g/mol. The molecule has 3 rings (SSSR count). The van der Waals surface area contributed by atoms with Gasteiger partial charge >= 0.3 is 0 Å². The average Bonchev–Trinajstić information content (AvgIpc) is 3.15. The zero-order chi connectivity index (χ0) is 20.1. The minimum atomic E-state index is -0.317. The predicted molar refractivity (Wildman–Crippen MR) is 102 cm³/mol. The highest BCUT2D eigenvalue weighted by Crippen LogP contribution is 2.33. The Labute approximate surface area is 162 Å². The number of nitrogens with one attached hydrogen (secondary N) is 1. The third-order valence-electron chi connectivity index (χ3n) is 4.26. The predicted octanol–water partition coefficient (Wildman–Crippen LogP) is 2.42. The number of carbonyl (C=O) groups is 2. The van der Waals surface area contributed by atoms with E-state index in [0.717, 1.165) is 5.56 Å². The van der Waals surface area contributed by atoms with Gasteiger partial charge in [-0.25, -0.2) is 0 Å². The smallest absolute Gasteiger partial charge is 0.244 e. The summed E-state index contributed by atoms with van der Waals surface area (Å²) >= 11 is 0. The SMILES string of the molecule is COc1ccc(NC(=O)CN(Cc2ccc3c(c2)OCO3)C(C)=O)cc1OC. The number of fused-ring (bicyclic) bond motifs is 1. The van der Waals surface area contributed by atoms with E-state index in [4.69, 9.17) is 18.9 Å². The van der Waals surface area contributed by atoms with E-state index >= 15 is 0 Å². The van der Waals surface area contributed by atoms with E-state index in [1.165, 1.54) is 26.0 Å². The van der Waals surface area contributed by atoms with Crippen LogP contribution in [0.25, 0.3) is 0 Å². The standard InChI is InChI=1S/C20H22N2O6/c1-13(23)22(10-14-4-6-17-19(8-14)28-12-27-17)11-20(24)21-15-5-7-16(25-2)18(9-15)26-3/h4-9H,10-12H2,1-3H3,(H,21,24). The van der Waals surface area contributed by atoms with Crippen LogP contribution < -0.4 is 24.3 Å². The first-order chi connectivity index (χ1) is 13.5. The maximum Gasteiger partial charge on any atom is 0.244 e. The summed E-state index contributed by atoms with van der Waals surface area (Å²) in [5.74, 6) is 1.85. The number of ether oxygens (including phenoxy) is 4. The van der Waals surface area contributed by atoms with E-state index in [-0.39, 0.29) is 31.7 Å². The minimum absolute atomic E-state index is 0.0852. The van der Waals surface area contributed by atoms with Gasteiger partial charge < -0.3 is 29.2 Å². The highest BCUT2D eigenvalue weighted by molar-refractivity contribution is 5.94. The van der Waals surface area contributed by atoms with Crippen LogP contribution in [0, 0.1) is 0 Å². The molecular formula is C20H22N2O6. The molecule has 0 saturated heterocycles. The molecule has 1 aliphatic rings. The maximum absolute atomic E-state index is 12.4. The third kappa shape index (κ3) is 4.46. The van der Waals surface area contributed by atoms with Crippen LogP contribution >= 0.6 is 0 Å². The molecule has 0 atom stereocenters. The van der Waals surface area contributed by atoms with Crippen molar-refractivity contribution in [1.82, 2.24) is 4.90 Å². The molecule has 0 fully saturated rings. The van der Waals surface area contributed by atoms with Crippen LogP contribution in [0.1, 0.15) is 12.5 Å². The molecule has 148 valence electrons. The summed E-state index contributed by atoms with van der Waals surface area (Å²) in [5.41, 5.74) is 1.40. The highest BCUT2D eigenvalue weighted by Gasteiger charge is 2.18. The highest BCUT2D eigenvalue weighted by atomic mass is 16.7. The van der Waals surface area contributed by atoms with E-state index < -0.39 is 0 Å². The molecule has 0 unspecified atom stereocenters. The summed E-state index contributed by atoms with van der Waals surface area (Å²) in [6.07, 6.45) is 0. The number of amides is 2. The second-order valence-corrected chi connectivity index (χ2v) is 6.18. The molecule has 2 aromatic carbocycles. The van der Waals surface area contributed by atoms with Crippen LogP contribution in [0.3, 0.4) is 0 Å². The van der Waals surface area contributed by atoms with Crippen molar-refractivity contribution in [2.45, 2.75) is 13.5 Å². The van der Waals surface area contributed by atoms with Gasteiger partial charge in [-0.1, -0.05) is 6.07 Å². The molecule has 0 aromatic heterocycles. The topological polar surface area (TPSA) is 86.3 Å². The van der Waals surface area contributed by atoms with E-state index in [0.29, 0.717) is 28.7 Å². The van der Waals surface area contributed by atoms with Gasteiger partial charge in [-0.15, -0.1) is 0 Å². The lowest BCUT2D eigenvalue weighted by Gasteiger charge is -2.21. The Hall–Kier alpha value is -3.42. The lowest BCUT2D eigenvalue weighted by atomic mass is 10.2. The molecule has 2 aromatic rings. The Morgan fingerprint density at radius 2 is 1.79 bits per heavy atom. The zero-order valence-corrected chi connectivity index (χ0v) is 16.0. The molecule has 8 heteroatoms. The van der Waals surface area contributed by atoms with Crippen molar-refractivity contribution < 1.29 is 28.5 Å². The maximum atomic E-state index is 12.4. The van der Waals surface area contributed by atoms with Gasteiger partial charge in [0.25, 0.3) is 0 Å². The van der Waals surface area contributed by atoms with Gasteiger partial charge in [0, 0.05) is 25.2 Å². The van der Waals surface area contributed by atoms with E-state index in [9.17, 15) is 9.59 Å². The number of methoxy groups -OCH3 is 2. The zero-order valence-electron chi connectivity index (χ0n) is 16.0. The van der Waals surface area contributed by atoms with Gasteiger partial charge in [0.2, 0.25) is 18.6 Å². The number of hydrogen-bond donors (Lipinski definition) is 1. The van der Waals surface area contributed by atoms with Crippen molar-refractivity contribution >= 4 is 17.5 Å². The van der Waals surface area contributed by atoms with Crippen LogP contribution in [-0.2, 0) is 16.1 Å². The third-order valence-corrected chi connectivity index (χ3v) is 4.26. The van der Waals surface area contributed by atoms with Gasteiger partial charge in [0.1, 0.15) is 6.54 Å². The number of benzene rings is 2. The van der Waals surface area contributed by atoms with Gasteiger partial charge in [-0.2, -0.15) is 0 Å². The van der Waals surface area contributed by atoms with Crippen molar-refractivity contribution in [1.29, 1.82) is 0 Å². The van der Waals surface area contributed by atoms with E-state index in [1.807, 2.05) is 12.1 Å². The molecule has 0 spiro atoms. The molecule has 1 aliphatic heterocycles. The fraction of sp³-hybridized carbons (Fsp3) is 0.300. The monoisotopic (exact) mass is 386 g/mol. The number of nitrogens with zero attached hydrogens (tertiary/aromatic N) is 1.